The molecule has 0 bridgehead atoms. The smallest absolute Gasteiger partial charge is 0.334 e. The van der Waals surface area contributed by atoms with Crippen molar-refractivity contribution >= 4 is 58.1 Å². The Labute approximate surface area is 166 Å². The molecule has 0 aromatic carbocycles. The number of thiazole rings is 1. The van der Waals surface area contributed by atoms with Gasteiger partial charge in [0, 0.05) is 16.8 Å². The molecule has 1 fully saturated rings. The molecule has 3 heterocycles. The van der Waals surface area contributed by atoms with E-state index < -0.39 is 29.2 Å². The van der Waals surface area contributed by atoms with E-state index in [-0.39, 0.29) is 27.4 Å². The molecule has 2 unspecified atom stereocenters. The average molecular weight is 425 g/mol. The van der Waals surface area contributed by atoms with Gasteiger partial charge in [0.15, 0.2) is 10.8 Å². The molecule has 0 radical (unpaired) electrons. The molecule has 0 spiro atoms. The average Bonchev–Trinajstić information content (AvgIpc) is 3.11. The van der Waals surface area contributed by atoms with E-state index in [2.05, 4.69) is 20.8 Å². The number of fused-ring (bicyclic) bond motifs is 1. The highest BCUT2D eigenvalue weighted by molar-refractivity contribution is 8.00. The van der Waals surface area contributed by atoms with Gasteiger partial charge in [0.25, 0.3) is 11.8 Å². The molecule has 1 aromatic heterocycles. The van der Waals surface area contributed by atoms with Crippen molar-refractivity contribution < 1.29 is 29.1 Å². The second-order valence-electron chi connectivity index (χ2n) is 5.68. The number of aromatic nitrogens is 1. The Morgan fingerprint density at radius 2 is 2.21 bits per heavy atom. The van der Waals surface area contributed by atoms with E-state index in [1.54, 1.807) is 6.92 Å². The van der Waals surface area contributed by atoms with Crippen LogP contribution in [-0.4, -0.2) is 68.7 Å². The molecule has 11 nitrogen and oxygen atoms in total. The zero-order chi connectivity index (χ0) is 20.4. The fourth-order valence-corrected chi connectivity index (χ4v) is 4.69. The quantitative estimate of drug-likeness (QED) is 0.236. The summed E-state index contributed by atoms with van der Waals surface area (Å²) < 4.78 is 0. The van der Waals surface area contributed by atoms with E-state index >= 15 is 0 Å². The summed E-state index contributed by atoms with van der Waals surface area (Å²) in [6.45, 7) is 1.72. The van der Waals surface area contributed by atoms with Gasteiger partial charge in [-0.1, -0.05) is 5.16 Å². The number of aliphatic carboxylic acids is 1. The second kappa shape index (κ2) is 7.98. The molecule has 1 saturated heterocycles. The van der Waals surface area contributed by atoms with Crippen LogP contribution in [0.4, 0.5) is 5.13 Å². The van der Waals surface area contributed by atoms with Crippen molar-refractivity contribution in [1.29, 1.82) is 0 Å². The number of anilines is 1. The van der Waals surface area contributed by atoms with Crippen molar-refractivity contribution in [2.45, 2.75) is 23.6 Å². The number of β-lactam (4-membered cyclic amide) rings is 1. The van der Waals surface area contributed by atoms with Gasteiger partial charge in [-0.25, -0.2) is 9.78 Å². The number of amides is 3. The number of carbonyl (C=O) groups is 4. The number of nitrogens with one attached hydrogen (secondary N) is 2. The highest BCUT2D eigenvalue weighted by atomic mass is 32.2. The fraction of sp³-hybridized carbons (Fsp3) is 0.333. The lowest BCUT2D eigenvalue weighted by Gasteiger charge is -2.48. The lowest BCUT2D eigenvalue weighted by atomic mass is 10.1. The lowest BCUT2D eigenvalue weighted by molar-refractivity contribution is -0.144. The minimum absolute atomic E-state index is 0.124. The number of hydrogen-bond donors (Lipinski definition) is 3. The number of oxime groups is 1. The molecular formula is C15H15N5O6S2. The van der Waals surface area contributed by atoms with Gasteiger partial charge in [0.05, 0.1) is 5.57 Å². The maximum Gasteiger partial charge on any atom is 0.334 e. The van der Waals surface area contributed by atoms with E-state index in [9.17, 15) is 24.3 Å². The van der Waals surface area contributed by atoms with Crippen molar-refractivity contribution in [3.63, 3.8) is 0 Å². The molecule has 3 amide bonds. The fourth-order valence-electron chi connectivity index (χ4n) is 2.67. The first-order valence-electron chi connectivity index (χ1n) is 7.88. The predicted molar refractivity (Wildman–Crippen MR) is 101 cm³/mol. The van der Waals surface area contributed by atoms with Crippen molar-refractivity contribution in [3.05, 3.63) is 22.8 Å². The minimum Gasteiger partial charge on any atom is -0.478 e. The Morgan fingerprint density at radius 1 is 1.46 bits per heavy atom. The van der Waals surface area contributed by atoms with Crippen molar-refractivity contribution in [1.82, 2.24) is 15.2 Å². The van der Waals surface area contributed by atoms with Gasteiger partial charge in [0.1, 0.15) is 24.2 Å². The van der Waals surface area contributed by atoms with Crippen molar-refractivity contribution in [2.24, 2.45) is 5.16 Å². The van der Waals surface area contributed by atoms with Crippen LogP contribution in [0.2, 0.25) is 0 Å². The Kier molecular flexibility index (Phi) is 5.65. The van der Waals surface area contributed by atoms with Crippen LogP contribution in [0.5, 0.6) is 0 Å². The number of thioether (sulfide) groups is 1. The van der Waals surface area contributed by atoms with Gasteiger partial charge in [0.2, 0.25) is 6.41 Å². The molecule has 13 heteroatoms. The Morgan fingerprint density at radius 3 is 2.86 bits per heavy atom. The Hall–Kier alpha value is -2.93. The Bertz CT molecular complexity index is 897. The maximum atomic E-state index is 12.6. The van der Waals surface area contributed by atoms with Crippen LogP contribution < -0.4 is 10.6 Å². The first-order chi connectivity index (χ1) is 13.4. The van der Waals surface area contributed by atoms with Crippen molar-refractivity contribution in [3.8, 4) is 0 Å². The second-order valence-corrected chi connectivity index (χ2v) is 8.00. The van der Waals surface area contributed by atoms with E-state index in [4.69, 9.17) is 4.84 Å². The number of nitrogens with zero attached hydrogens (tertiary/aromatic N) is 3. The van der Waals surface area contributed by atoms with Crippen LogP contribution in [0, 0.1) is 0 Å². The summed E-state index contributed by atoms with van der Waals surface area (Å²) in [5, 5.41) is 18.8. The standard InChI is InChI=1S/C15H15N5O6S2/c1-6-7(14(24)25)3-20-12(23)10(13(20)28-6)18-11(22)9(19-26-2)8-4-27-15(17-8)16-5-21/h3-6,10,13H,1-2H3,(H,18,22)(H,24,25)(H,16,17,21)/t6?,10?,13-/m1/s1. The SMILES string of the molecule is CON=C(C(=O)NC1C(=O)N2C=C(C(=O)O)C(C)S[C@H]12)c1csc(NC=O)n1. The summed E-state index contributed by atoms with van der Waals surface area (Å²) in [7, 11) is 1.26. The third kappa shape index (κ3) is 3.57. The molecule has 3 rings (SSSR count). The zero-order valence-corrected chi connectivity index (χ0v) is 16.2. The molecule has 148 valence electrons. The largest absolute Gasteiger partial charge is 0.478 e. The van der Waals surface area contributed by atoms with Crippen LogP contribution in [0.3, 0.4) is 0 Å². The first kappa shape index (κ1) is 19.8. The molecule has 2 aliphatic heterocycles. The lowest BCUT2D eigenvalue weighted by Crippen LogP contribution is -2.69. The van der Waals surface area contributed by atoms with E-state index in [0.29, 0.717) is 6.41 Å². The van der Waals surface area contributed by atoms with Gasteiger partial charge < -0.3 is 25.5 Å². The maximum absolute atomic E-state index is 12.6. The molecular weight excluding hydrogens is 410 g/mol. The van der Waals surface area contributed by atoms with Crippen LogP contribution in [-0.2, 0) is 24.0 Å². The normalized spacial score (nSPS) is 23.9. The van der Waals surface area contributed by atoms with Crippen LogP contribution in [0.1, 0.15) is 12.6 Å². The summed E-state index contributed by atoms with van der Waals surface area (Å²) in [5.41, 5.74) is 0.147. The van der Waals surface area contributed by atoms with Gasteiger partial charge in [-0.2, -0.15) is 0 Å². The summed E-state index contributed by atoms with van der Waals surface area (Å²) in [6, 6.07) is -0.834. The molecule has 3 atom stereocenters. The van der Waals surface area contributed by atoms with Gasteiger partial charge in [-0.3, -0.25) is 14.4 Å². The number of rotatable bonds is 7. The first-order valence-corrected chi connectivity index (χ1v) is 9.70. The molecule has 2 aliphatic rings. The molecule has 1 aromatic rings. The minimum atomic E-state index is -1.09. The number of carboxylic acids is 1. The summed E-state index contributed by atoms with van der Waals surface area (Å²) in [5.74, 6) is -2.18. The highest BCUT2D eigenvalue weighted by Gasteiger charge is 2.51. The number of carbonyl (C=O) groups excluding carboxylic acids is 3. The highest BCUT2D eigenvalue weighted by Crippen LogP contribution is 2.40. The number of hydrogen-bond acceptors (Lipinski definition) is 9. The van der Waals surface area contributed by atoms with Crippen LogP contribution >= 0.6 is 23.1 Å². The summed E-state index contributed by atoms with van der Waals surface area (Å²) in [6.07, 6.45) is 1.76. The topological polar surface area (TPSA) is 150 Å². The Balaban J connectivity index is 1.75. The summed E-state index contributed by atoms with van der Waals surface area (Å²) >= 11 is 2.36. The van der Waals surface area contributed by atoms with E-state index in [0.717, 1.165) is 11.3 Å². The van der Waals surface area contributed by atoms with Gasteiger partial charge >= 0.3 is 5.97 Å². The van der Waals surface area contributed by atoms with Gasteiger partial charge in [-0.15, -0.1) is 23.1 Å². The third-order valence-electron chi connectivity index (χ3n) is 4.00. The van der Waals surface area contributed by atoms with E-state index in [1.807, 2.05) is 0 Å². The number of carboxylic acid groups (broad SMARTS) is 1. The van der Waals surface area contributed by atoms with Crippen LogP contribution in [0.15, 0.2) is 22.3 Å². The van der Waals surface area contributed by atoms with Gasteiger partial charge in [-0.05, 0) is 6.92 Å². The van der Waals surface area contributed by atoms with E-state index in [1.165, 1.54) is 35.4 Å². The molecule has 3 N–H and O–H groups in total. The zero-order valence-electron chi connectivity index (χ0n) is 14.6. The monoisotopic (exact) mass is 425 g/mol. The predicted octanol–water partition coefficient (Wildman–Crippen LogP) is -0.181. The molecule has 28 heavy (non-hydrogen) atoms. The van der Waals surface area contributed by atoms with Crippen LogP contribution in [0.25, 0.3) is 0 Å². The molecule has 0 aliphatic carbocycles. The van der Waals surface area contributed by atoms with Crippen molar-refractivity contribution in [2.75, 3.05) is 12.4 Å². The molecule has 0 saturated carbocycles. The third-order valence-corrected chi connectivity index (χ3v) is 6.21. The summed E-state index contributed by atoms with van der Waals surface area (Å²) in [4.78, 5) is 56.8.